The first-order valence-electron chi connectivity index (χ1n) is 8.30. The Labute approximate surface area is 141 Å². The van der Waals surface area contributed by atoms with E-state index in [-0.39, 0.29) is 11.9 Å². The normalized spacial score (nSPS) is 17.1. The van der Waals surface area contributed by atoms with Crippen molar-refractivity contribution in [2.45, 2.75) is 26.3 Å². The summed E-state index contributed by atoms with van der Waals surface area (Å²) < 4.78 is 2.24. The summed E-state index contributed by atoms with van der Waals surface area (Å²) in [6, 6.07) is 14.6. The first kappa shape index (κ1) is 14.8. The predicted molar refractivity (Wildman–Crippen MR) is 99.4 cm³/mol. The molecule has 3 aromatic rings. The second kappa shape index (κ2) is 5.41. The van der Waals surface area contributed by atoms with E-state index in [0.29, 0.717) is 6.42 Å². The molecule has 2 N–H and O–H groups in total. The number of benzene rings is 2. The quantitative estimate of drug-likeness (QED) is 0.702. The van der Waals surface area contributed by atoms with Crippen LogP contribution in [0.15, 0.2) is 42.5 Å². The molecule has 0 fully saturated rings. The van der Waals surface area contributed by atoms with Gasteiger partial charge in [0.05, 0.1) is 17.1 Å². The molecular weight excluding hydrogens is 298 g/mol. The number of aryl methyl sites for hydroxylation is 2. The van der Waals surface area contributed by atoms with Crippen LogP contribution in [0.25, 0.3) is 22.2 Å². The minimum absolute atomic E-state index is 0.0552. The Kier molecular flexibility index (Phi) is 3.34. The van der Waals surface area contributed by atoms with Crippen molar-refractivity contribution in [3.05, 3.63) is 48.0 Å². The maximum Gasteiger partial charge on any atom is 0.226 e. The Morgan fingerprint density at radius 1 is 1.12 bits per heavy atom. The monoisotopic (exact) mass is 319 g/mol. The van der Waals surface area contributed by atoms with E-state index in [1.165, 1.54) is 22.2 Å². The second-order valence-corrected chi connectivity index (χ2v) is 6.58. The number of fused-ring (bicyclic) bond motifs is 2. The zero-order valence-corrected chi connectivity index (χ0v) is 14.2. The van der Waals surface area contributed by atoms with E-state index in [0.717, 1.165) is 16.9 Å². The highest BCUT2D eigenvalue weighted by atomic mass is 16.1. The fourth-order valence-corrected chi connectivity index (χ4v) is 3.75. The van der Waals surface area contributed by atoms with E-state index in [1.807, 2.05) is 19.1 Å². The lowest BCUT2D eigenvalue weighted by Gasteiger charge is -2.18. The van der Waals surface area contributed by atoms with Gasteiger partial charge < -0.3 is 15.2 Å². The number of nitrogens with one attached hydrogen (secondary N) is 2. The molecule has 1 aliphatic rings. The van der Waals surface area contributed by atoms with Gasteiger partial charge in [0.1, 0.15) is 0 Å². The predicted octanol–water partition coefficient (Wildman–Crippen LogP) is 4.30. The average molecular weight is 319 g/mol. The van der Waals surface area contributed by atoms with Gasteiger partial charge in [-0.25, -0.2) is 0 Å². The van der Waals surface area contributed by atoms with Crippen molar-refractivity contribution < 1.29 is 4.79 Å². The van der Waals surface area contributed by atoms with Crippen molar-refractivity contribution in [3.63, 3.8) is 0 Å². The average Bonchev–Trinajstić information content (AvgIpc) is 2.71. The summed E-state index contributed by atoms with van der Waals surface area (Å²) in [5.74, 6) is 0.0552. The lowest BCUT2D eigenvalue weighted by atomic mass is 10.0. The van der Waals surface area contributed by atoms with Crippen molar-refractivity contribution >= 4 is 28.2 Å². The maximum absolute atomic E-state index is 12.0. The van der Waals surface area contributed by atoms with Crippen LogP contribution in [0.3, 0.4) is 0 Å². The highest BCUT2D eigenvalue weighted by Gasteiger charge is 2.23. The number of hydrogen-bond acceptors (Lipinski definition) is 2. The van der Waals surface area contributed by atoms with Crippen LogP contribution in [-0.4, -0.2) is 16.5 Å². The van der Waals surface area contributed by atoms with Crippen molar-refractivity contribution in [1.82, 2.24) is 4.57 Å². The molecule has 1 aliphatic heterocycles. The van der Waals surface area contributed by atoms with E-state index in [2.05, 4.69) is 59.5 Å². The molecule has 0 radical (unpaired) electrons. The number of anilines is 2. The molecule has 0 saturated heterocycles. The van der Waals surface area contributed by atoms with Gasteiger partial charge >= 0.3 is 0 Å². The van der Waals surface area contributed by atoms with Crippen LogP contribution >= 0.6 is 0 Å². The molecule has 0 aliphatic carbocycles. The molecule has 122 valence electrons. The Balaban J connectivity index is 1.99. The Bertz CT molecular complexity index is 916. The van der Waals surface area contributed by atoms with E-state index in [9.17, 15) is 4.79 Å². The van der Waals surface area contributed by atoms with Gasteiger partial charge in [-0.15, -0.1) is 0 Å². The summed E-state index contributed by atoms with van der Waals surface area (Å²) in [7, 11) is 2.10. The second-order valence-electron chi connectivity index (χ2n) is 6.58. The van der Waals surface area contributed by atoms with Gasteiger partial charge in [-0.05, 0) is 31.5 Å². The van der Waals surface area contributed by atoms with Crippen LogP contribution in [0.2, 0.25) is 0 Å². The largest absolute Gasteiger partial charge is 0.380 e. The number of carbonyl (C=O) groups excluding carboxylic acids is 1. The molecule has 4 heteroatoms. The van der Waals surface area contributed by atoms with Gasteiger partial charge in [0.2, 0.25) is 5.91 Å². The topological polar surface area (TPSA) is 46.1 Å². The van der Waals surface area contributed by atoms with E-state index in [1.54, 1.807) is 0 Å². The minimum Gasteiger partial charge on any atom is -0.380 e. The van der Waals surface area contributed by atoms with Gasteiger partial charge in [-0.3, -0.25) is 4.79 Å². The lowest BCUT2D eigenvalue weighted by Crippen LogP contribution is -2.19. The fourth-order valence-electron chi connectivity index (χ4n) is 3.75. The highest BCUT2D eigenvalue weighted by molar-refractivity contribution is 6.02. The molecule has 4 nitrogen and oxygen atoms in total. The standard InChI is InChI=1S/C20H21N3O/c1-12-11-18(24)22-16-9-6-8-15(19(16)21-12)20-13(2)14-7-4-5-10-17(14)23(20)3/h4-10,12,21H,11H2,1-3H3,(H,22,24)/t12-/m1/s1. The zero-order valence-electron chi connectivity index (χ0n) is 14.2. The van der Waals surface area contributed by atoms with E-state index < -0.39 is 0 Å². The number of nitrogens with zero attached hydrogens (tertiary/aromatic N) is 1. The molecule has 0 unspecified atom stereocenters. The maximum atomic E-state index is 12.0. The van der Waals surface area contributed by atoms with Crippen LogP contribution in [-0.2, 0) is 11.8 Å². The molecule has 1 atom stereocenters. The minimum atomic E-state index is 0.0552. The molecule has 24 heavy (non-hydrogen) atoms. The van der Waals surface area contributed by atoms with Crippen LogP contribution in [0.4, 0.5) is 11.4 Å². The number of rotatable bonds is 1. The third-order valence-corrected chi connectivity index (χ3v) is 4.84. The van der Waals surface area contributed by atoms with Crippen molar-refractivity contribution in [3.8, 4) is 11.3 Å². The molecule has 1 aromatic heterocycles. The summed E-state index contributed by atoms with van der Waals surface area (Å²) in [6.07, 6.45) is 0.474. The number of aromatic nitrogens is 1. The summed E-state index contributed by atoms with van der Waals surface area (Å²) in [4.78, 5) is 12.0. The lowest BCUT2D eigenvalue weighted by molar-refractivity contribution is -0.116. The number of para-hydroxylation sites is 2. The van der Waals surface area contributed by atoms with Gasteiger partial charge in [0.25, 0.3) is 0 Å². The first-order valence-corrected chi connectivity index (χ1v) is 8.30. The van der Waals surface area contributed by atoms with Crippen LogP contribution in [0, 0.1) is 6.92 Å². The summed E-state index contributed by atoms with van der Waals surface area (Å²) in [5.41, 5.74) is 6.64. The molecule has 0 bridgehead atoms. The van der Waals surface area contributed by atoms with Gasteiger partial charge in [0.15, 0.2) is 0 Å². The summed E-state index contributed by atoms with van der Waals surface area (Å²) in [5, 5.41) is 7.81. The molecule has 1 amide bonds. The smallest absolute Gasteiger partial charge is 0.226 e. The van der Waals surface area contributed by atoms with Gasteiger partial charge in [0, 0.05) is 36.0 Å². The fraction of sp³-hybridized carbons (Fsp3) is 0.250. The van der Waals surface area contributed by atoms with Crippen LogP contribution in [0.1, 0.15) is 18.9 Å². The Morgan fingerprint density at radius 2 is 1.92 bits per heavy atom. The number of hydrogen-bond donors (Lipinski definition) is 2. The van der Waals surface area contributed by atoms with Crippen molar-refractivity contribution in [2.75, 3.05) is 10.6 Å². The third kappa shape index (κ3) is 2.18. The highest BCUT2D eigenvalue weighted by Crippen LogP contribution is 2.40. The Morgan fingerprint density at radius 3 is 2.71 bits per heavy atom. The molecule has 0 saturated carbocycles. The van der Waals surface area contributed by atoms with E-state index in [4.69, 9.17) is 0 Å². The summed E-state index contributed by atoms with van der Waals surface area (Å²) in [6.45, 7) is 4.20. The molecular formula is C20H21N3O. The number of amides is 1. The summed E-state index contributed by atoms with van der Waals surface area (Å²) >= 11 is 0. The van der Waals surface area contributed by atoms with Gasteiger partial charge in [-0.2, -0.15) is 0 Å². The third-order valence-electron chi connectivity index (χ3n) is 4.84. The molecule has 2 aromatic carbocycles. The number of carbonyl (C=O) groups is 1. The van der Waals surface area contributed by atoms with Crippen molar-refractivity contribution in [1.29, 1.82) is 0 Å². The van der Waals surface area contributed by atoms with Gasteiger partial charge in [-0.1, -0.05) is 30.3 Å². The molecule has 2 heterocycles. The zero-order chi connectivity index (χ0) is 16.8. The Hall–Kier alpha value is -2.75. The molecule has 0 spiro atoms. The van der Waals surface area contributed by atoms with E-state index >= 15 is 0 Å². The van der Waals surface area contributed by atoms with Crippen LogP contribution < -0.4 is 10.6 Å². The first-order chi connectivity index (χ1) is 11.6. The van der Waals surface area contributed by atoms with Crippen LogP contribution in [0.5, 0.6) is 0 Å². The van der Waals surface area contributed by atoms with Crippen molar-refractivity contribution in [2.24, 2.45) is 7.05 Å². The SMILES string of the molecule is Cc1c(-c2cccc3c2N[C@H](C)CC(=O)N3)n(C)c2ccccc12. The molecule has 4 rings (SSSR count).